The fraction of sp³-hybridized carbons (Fsp3) is 0.333. The number of rotatable bonds is 9. The zero-order valence-corrected chi connectivity index (χ0v) is 18.0. The Bertz CT molecular complexity index is 933. The molecule has 0 saturated carbocycles. The minimum absolute atomic E-state index is 0.124. The number of ketones is 1. The summed E-state index contributed by atoms with van der Waals surface area (Å²) in [6.07, 6.45) is 2.16. The van der Waals surface area contributed by atoms with Gasteiger partial charge in [-0.1, -0.05) is 60.7 Å². The third kappa shape index (κ3) is 6.21. The van der Waals surface area contributed by atoms with Gasteiger partial charge in [-0.15, -0.1) is 0 Å². The van der Waals surface area contributed by atoms with E-state index >= 15 is 0 Å². The molecule has 2 N–H and O–H groups in total. The molecule has 0 bridgehead atoms. The van der Waals surface area contributed by atoms with E-state index < -0.39 is 18.1 Å². The Morgan fingerprint density at radius 1 is 1.03 bits per heavy atom. The quantitative estimate of drug-likeness (QED) is 0.585. The van der Waals surface area contributed by atoms with Crippen LogP contribution in [0.3, 0.4) is 0 Å². The number of Topliss-reactive ketones (excluding diaryl/α,β-unsaturated/α-hetero) is 1. The molecule has 1 unspecified atom stereocenters. The van der Waals surface area contributed by atoms with Crippen molar-refractivity contribution in [3.05, 3.63) is 71.8 Å². The summed E-state index contributed by atoms with van der Waals surface area (Å²) in [5, 5.41) is 12.2. The highest BCUT2D eigenvalue weighted by atomic mass is 32.1. The van der Waals surface area contributed by atoms with Crippen molar-refractivity contribution in [2.24, 2.45) is 0 Å². The number of carboxylic acid groups (broad SMARTS) is 1. The van der Waals surface area contributed by atoms with Crippen LogP contribution >= 0.6 is 12.2 Å². The van der Waals surface area contributed by atoms with Crippen LogP contribution in [-0.4, -0.2) is 51.3 Å². The molecule has 0 spiro atoms. The standard InChI is InChI=1S/C24H26N2O4S/c27-21(13-14-22(31)26-15-7-12-20(26)24(29)30)19(16-17-8-3-1-4-9-17)25-23(28)18-10-5-2-6-11-18/h1-6,8-11,19-20H,7,12-16H2,(H,25,28)(H,29,30)/t19?,20-/m0/s1. The van der Waals surface area contributed by atoms with Gasteiger partial charge in [-0.05, 0) is 37.0 Å². The first-order chi connectivity index (χ1) is 15.0. The van der Waals surface area contributed by atoms with Crippen LogP contribution in [0.15, 0.2) is 60.7 Å². The second kappa shape index (κ2) is 10.8. The van der Waals surface area contributed by atoms with Crippen molar-refractivity contribution in [3.63, 3.8) is 0 Å². The number of thiocarbonyl (C=S) groups is 1. The van der Waals surface area contributed by atoms with Gasteiger partial charge in [-0.2, -0.15) is 0 Å². The molecule has 1 saturated heterocycles. The van der Waals surface area contributed by atoms with Gasteiger partial charge >= 0.3 is 5.97 Å². The molecule has 3 rings (SSSR count). The lowest BCUT2D eigenvalue weighted by Crippen LogP contribution is -2.43. The summed E-state index contributed by atoms with van der Waals surface area (Å²) < 4.78 is 0. The Balaban J connectivity index is 1.66. The second-order valence-corrected chi connectivity index (χ2v) is 8.10. The number of hydrogen-bond acceptors (Lipinski definition) is 4. The number of benzene rings is 2. The first-order valence-electron chi connectivity index (χ1n) is 10.4. The van der Waals surface area contributed by atoms with Gasteiger partial charge in [-0.25, -0.2) is 4.79 Å². The summed E-state index contributed by atoms with van der Waals surface area (Å²) in [6, 6.07) is 17.0. The van der Waals surface area contributed by atoms with Crippen molar-refractivity contribution in [2.45, 2.75) is 44.2 Å². The number of aliphatic carboxylic acids is 1. The van der Waals surface area contributed by atoms with Gasteiger partial charge in [0.15, 0.2) is 5.78 Å². The summed E-state index contributed by atoms with van der Waals surface area (Å²) in [5.74, 6) is -1.31. The first-order valence-corrected chi connectivity index (χ1v) is 10.8. The number of nitrogens with one attached hydrogen (secondary N) is 1. The second-order valence-electron chi connectivity index (χ2n) is 7.63. The van der Waals surface area contributed by atoms with Crippen molar-refractivity contribution in [1.29, 1.82) is 0 Å². The SMILES string of the molecule is O=C(NC(Cc1ccccc1)C(=O)CCC(=S)N1CCC[C@H]1C(=O)O)c1ccccc1. The van der Waals surface area contributed by atoms with Crippen molar-refractivity contribution < 1.29 is 19.5 Å². The van der Waals surface area contributed by atoms with Crippen LogP contribution < -0.4 is 5.32 Å². The summed E-state index contributed by atoms with van der Waals surface area (Å²) in [5.41, 5.74) is 1.44. The highest BCUT2D eigenvalue weighted by Crippen LogP contribution is 2.20. The zero-order valence-electron chi connectivity index (χ0n) is 17.2. The number of carboxylic acids is 1. The predicted octanol–water partition coefficient (Wildman–Crippen LogP) is 3.25. The molecule has 1 heterocycles. The number of likely N-dealkylation sites (tertiary alicyclic amines) is 1. The van der Waals surface area contributed by atoms with E-state index in [-0.39, 0.29) is 18.1 Å². The lowest BCUT2D eigenvalue weighted by molar-refractivity contribution is -0.140. The van der Waals surface area contributed by atoms with E-state index in [4.69, 9.17) is 12.2 Å². The number of carbonyl (C=O) groups is 3. The monoisotopic (exact) mass is 438 g/mol. The predicted molar refractivity (Wildman–Crippen MR) is 122 cm³/mol. The number of amides is 1. The Morgan fingerprint density at radius 3 is 2.32 bits per heavy atom. The molecule has 0 radical (unpaired) electrons. The van der Waals surface area contributed by atoms with Crippen LogP contribution in [0.25, 0.3) is 0 Å². The number of hydrogen-bond donors (Lipinski definition) is 2. The fourth-order valence-corrected chi connectivity index (χ4v) is 4.12. The molecular weight excluding hydrogens is 412 g/mol. The molecule has 1 amide bonds. The van der Waals surface area contributed by atoms with E-state index in [9.17, 15) is 19.5 Å². The van der Waals surface area contributed by atoms with E-state index in [1.54, 1.807) is 29.2 Å². The average molecular weight is 439 g/mol. The summed E-state index contributed by atoms with van der Waals surface area (Å²) in [6.45, 7) is 0.599. The molecule has 2 aromatic carbocycles. The maximum absolute atomic E-state index is 13.0. The van der Waals surface area contributed by atoms with E-state index in [0.717, 1.165) is 12.0 Å². The van der Waals surface area contributed by atoms with Gasteiger partial charge < -0.3 is 15.3 Å². The van der Waals surface area contributed by atoms with Crippen LogP contribution in [0.5, 0.6) is 0 Å². The van der Waals surface area contributed by atoms with Crippen molar-refractivity contribution in [3.8, 4) is 0 Å². The molecule has 1 aliphatic rings. The lowest BCUT2D eigenvalue weighted by atomic mass is 9.99. The van der Waals surface area contributed by atoms with Crippen LogP contribution in [0, 0.1) is 0 Å². The van der Waals surface area contributed by atoms with E-state index in [1.165, 1.54) is 0 Å². The average Bonchev–Trinajstić information content (AvgIpc) is 3.28. The lowest BCUT2D eigenvalue weighted by Gasteiger charge is -2.24. The Kier molecular flexibility index (Phi) is 7.89. The first kappa shape index (κ1) is 22.6. The van der Waals surface area contributed by atoms with Crippen molar-refractivity contribution >= 4 is 34.9 Å². The highest BCUT2D eigenvalue weighted by molar-refractivity contribution is 7.80. The maximum atomic E-state index is 13.0. The Labute approximate surface area is 187 Å². The maximum Gasteiger partial charge on any atom is 0.326 e. The molecule has 7 heteroatoms. The van der Waals surface area contributed by atoms with Crippen LogP contribution in [0.1, 0.15) is 41.6 Å². The molecule has 0 aromatic heterocycles. The number of carbonyl (C=O) groups excluding carboxylic acids is 2. The molecule has 1 aliphatic heterocycles. The van der Waals surface area contributed by atoms with E-state index in [1.807, 2.05) is 36.4 Å². The largest absolute Gasteiger partial charge is 0.480 e. The molecule has 0 aliphatic carbocycles. The van der Waals surface area contributed by atoms with Gasteiger partial charge in [0.2, 0.25) is 0 Å². The van der Waals surface area contributed by atoms with Gasteiger partial charge in [0.1, 0.15) is 6.04 Å². The van der Waals surface area contributed by atoms with Crippen molar-refractivity contribution in [1.82, 2.24) is 10.2 Å². The van der Waals surface area contributed by atoms with E-state index in [2.05, 4.69) is 5.32 Å². The molecule has 6 nitrogen and oxygen atoms in total. The molecule has 2 atom stereocenters. The van der Waals surface area contributed by atoms with Gasteiger partial charge in [-0.3, -0.25) is 9.59 Å². The summed E-state index contributed by atoms with van der Waals surface area (Å²) >= 11 is 5.43. The van der Waals surface area contributed by atoms with Crippen LogP contribution in [-0.2, 0) is 16.0 Å². The molecule has 2 aromatic rings. The highest BCUT2D eigenvalue weighted by Gasteiger charge is 2.32. The third-order valence-electron chi connectivity index (χ3n) is 5.46. The van der Waals surface area contributed by atoms with Gasteiger partial charge in [0.05, 0.1) is 11.0 Å². The summed E-state index contributed by atoms with van der Waals surface area (Å²) in [7, 11) is 0. The molecular formula is C24H26N2O4S. The molecule has 31 heavy (non-hydrogen) atoms. The minimum atomic E-state index is -0.886. The number of nitrogens with zero attached hydrogens (tertiary/aromatic N) is 1. The fourth-order valence-electron chi connectivity index (χ4n) is 3.80. The normalized spacial score (nSPS) is 16.5. The van der Waals surface area contributed by atoms with Gasteiger partial charge in [0.25, 0.3) is 5.91 Å². The molecule has 1 fully saturated rings. The smallest absolute Gasteiger partial charge is 0.326 e. The van der Waals surface area contributed by atoms with E-state index in [0.29, 0.717) is 36.4 Å². The van der Waals surface area contributed by atoms with Gasteiger partial charge in [0, 0.05) is 24.9 Å². The molecule has 162 valence electrons. The third-order valence-corrected chi connectivity index (χ3v) is 5.89. The van der Waals surface area contributed by atoms with Crippen LogP contribution in [0.2, 0.25) is 0 Å². The zero-order chi connectivity index (χ0) is 22.2. The Hall–Kier alpha value is -3.06. The minimum Gasteiger partial charge on any atom is -0.480 e. The topological polar surface area (TPSA) is 86.7 Å². The Morgan fingerprint density at radius 2 is 1.68 bits per heavy atom. The summed E-state index contributed by atoms with van der Waals surface area (Å²) in [4.78, 5) is 39.3. The van der Waals surface area contributed by atoms with Crippen LogP contribution in [0.4, 0.5) is 0 Å². The van der Waals surface area contributed by atoms with Crippen molar-refractivity contribution in [2.75, 3.05) is 6.54 Å².